The Morgan fingerprint density at radius 3 is 2.33 bits per heavy atom. The second-order valence-corrected chi connectivity index (χ2v) is 4.95. The standard InChI is InChI=1S/C14H14F3NO3/c1-18-7-10(11(12(18)19)13(20)21-2)8-3-5-9(6-4-8)14(15,16)17/h3-6,10-11H,7H2,1-2H3/t10-,11-/m1/s1. The van der Waals surface area contributed by atoms with Gasteiger partial charge in [-0.05, 0) is 17.7 Å². The molecule has 0 aliphatic carbocycles. The van der Waals surface area contributed by atoms with Crippen molar-refractivity contribution in [3.8, 4) is 0 Å². The summed E-state index contributed by atoms with van der Waals surface area (Å²) in [6.45, 7) is 0.268. The summed E-state index contributed by atoms with van der Waals surface area (Å²) in [6, 6.07) is 4.50. The molecular weight excluding hydrogens is 287 g/mol. The highest BCUT2D eigenvalue weighted by Gasteiger charge is 2.45. The molecule has 0 aromatic heterocycles. The molecule has 2 atom stereocenters. The van der Waals surface area contributed by atoms with E-state index in [4.69, 9.17) is 0 Å². The zero-order chi connectivity index (χ0) is 15.8. The number of halogens is 3. The van der Waals surface area contributed by atoms with Crippen LogP contribution < -0.4 is 0 Å². The van der Waals surface area contributed by atoms with Crippen LogP contribution in [0.2, 0.25) is 0 Å². The molecule has 0 bridgehead atoms. The molecule has 0 radical (unpaired) electrons. The maximum absolute atomic E-state index is 12.5. The van der Waals surface area contributed by atoms with Crippen LogP contribution in [0.3, 0.4) is 0 Å². The molecule has 0 unspecified atom stereocenters. The monoisotopic (exact) mass is 301 g/mol. The van der Waals surface area contributed by atoms with Gasteiger partial charge in [-0.3, -0.25) is 9.59 Å². The Kier molecular flexibility index (Phi) is 3.93. The van der Waals surface area contributed by atoms with Crippen molar-refractivity contribution in [2.75, 3.05) is 20.7 Å². The van der Waals surface area contributed by atoms with Gasteiger partial charge in [-0.2, -0.15) is 13.2 Å². The van der Waals surface area contributed by atoms with Crippen molar-refractivity contribution in [2.24, 2.45) is 5.92 Å². The number of likely N-dealkylation sites (tertiary alicyclic amines) is 1. The molecular formula is C14H14F3NO3. The van der Waals surface area contributed by atoms with Crippen LogP contribution in [0.25, 0.3) is 0 Å². The van der Waals surface area contributed by atoms with Crippen LogP contribution in [0.5, 0.6) is 0 Å². The number of hydrogen-bond donors (Lipinski definition) is 0. The van der Waals surface area contributed by atoms with E-state index in [-0.39, 0.29) is 12.5 Å². The molecule has 1 heterocycles. The van der Waals surface area contributed by atoms with Crippen molar-refractivity contribution < 1.29 is 27.5 Å². The van der Waals surface area contributed by atoms with E-state index in [0.29, 0.717) is 5.56 Å². The van der Waals surface area contributed by atoms with Crippen molar-refractivity contribution in [1.29, 1.82) is 0 Å². The predicted molar refractivity (Wildman–Crippen MR) is 67.3 cm³/mol. The first-order chi connectivity index (χ1) is 9.75. The lowest BCUT2D eigenvalue weighted by molar-refractivity contribution is -0.150. The average molecular weight is 301 g/mol. The fourth-order valence-electron chi connectivity index (χ4n) is 2.51. The molecule has 1 aliphatic heterocycles. The number of nitrogens with zero attached hydrogens (tertiary/aromatic N) is 1. The van der Waals surface area contributed by atoms with Gasteiger partial charge in [0.25, 0.3) is 0 Å². The van der Waals surface area contributed by atoms with Crippen LogP contribution in [0.1, 0.15) is 17.0 Å². The molecule has 2 rings (SSSR count). The summed E-state index contributed by atoms with van der Waals surface area (Å²) in [5, 5.41) is 0. The van der Waals surface area contributed by atoms with Gasteiger partial charge in [-0.15, -0.1) is 0 Å². The third kappa shape index (κ3) is 2.86. The maximum Gasteiger partial charge on any atom is 0.416 e. The molecule has 7 heteroatoms. The Morgan fingerprint density at radius 1 is 1.29 bits per heavy atom. The average Bonchev–Trinajstić information content (AvgIpc) is 2.73. The molecule has 1 aliphatic rings. The smallest absolute Gasteiger partial charge is 0.416 e. The number of benzene rings is 1. The van der Waals surface area contributed by atoms with Crippen LogP contribution in [0, 0.1) is 5.92 Å². The van der Waals surface area contributed by atoms with Crippen molar-refractivity contribution in [3.05, 3.63) is 35.4 Å². The van der Waals surface area contributed by atoms with Crippen LogP contribution in [-0.4, -0.2) is 37.5 Å². The summed E-state index contributed by atoms with van der Waals surface area (Å²) in [4.78, 5) is 25.1. The van der Waals surface area contributed by atoms with Crippen LogP contribution in [-0.2, 0) is 20.5 Å². The van der Waals surface area contributed by atoms with E-state index in [1.165, 1.54) is 24.1 Å². The molecule has 1 amide bonds. The van der Waals surface area contributed by atoms with Crippen molar-refractivity contribution in [3.63, 3.8) is 0 Å². The highest BCUT2D eigenvalue weighted by Crippen LogP contribution is 2.36. The van der Waals surface area contributed by atoms with Crippen molar-refractivity contribution in [1.82, 2.24) is 4.90 Å². The quantitative estimate of drug-likeness (QED) is 0.620. The molecule has 1 saturated heterocycles. The molecule has 1 aromatic carbocycles. The fourth-order valence-corrected chi connectivity index (χ4v) is 2.51. The number of rotatable bonds is 2. The predicted octanol–water partition coefficient (Wildman–Crippen LogP) is 2.05. The Hall–Kier alpha value is -2.05. The SMILES string of the molecule is COC(=O)[C@H]1C(=O)N(C)C[C@@H]1c1ccc(C(F)(F)F)cc1. The highest BCUT2D eigenvalue weighted by molar-refractivity contribution is 6.00. The van der Waals surface area contributed by atoms with Gasteiger partial charge in [0, 0.05) is 19.5 Å². The van der Waals surface area contributed by atoms with Gasteiger partial charge in [0.2, 0.25) is 5.91 Å². The Balaban J connectivity index is 2.31. The number of carbonyl (C=O) groups is 2. The molecule has 0 N–H and O–H groups in total. The summed E-state index contributed by atoms with van der Waals surface area (Å²) in [5.74, 6) is -2.56. The van der Waals surface area contributed by atoms with Gasteiger partial charge in [0.1, 0.15) is 5.92 Å². The molecule has 1 aromatic rings. The number of alkyl halides is 3. The third-order valence-electron chi connectivity index (χ3n) is 3.64. The summed E-state index contributed by atoms with van der Waals surface area (Å²) in [7, 11) is 2.72. The maximum atomic E-state index is 12.5. The highest BCUT2D eigenvalue weighted by atomic mass is 19.4. The van der Waals surface area contributed by atoms with E-state index in [2.05, 4.69) is 4.74 Å². The molecule has 114 valence electrons. The normalized spacial score (nSPS) is 22.5. The zero-order valence-corrected chi connectivity index (χ0v) is 11.5. The number of likely N-dealkylation sites (N-methyl/N-ethyl adjacent to an activating group) is 1. The molecule has 0 saturated carbocycles. The minimum absolute atomic E-state index is 0.268. The van der Waals surface area contributed by atoms with E-state index in [0.717, 1.165) is 12.1 Å². The van der Waals surface area contributed by atoms with E-state index >= 15 is 0 Å². The lowest BCUT2D eigenvalue weighted by atomic mass is 9.88. The minimum Gasteiger partial charge on any atom is -0.468 e. The van der Waals surface area contributed by atoms with Gasteiger partial charge >= 0.3 is 12.1 Å². The van der Waals surface area contributed by atoms with Gasteiger partial charge < -0.3 is 9.64 Å². The summed E-state index contributed by atoms with van der Waals surface area (Å²) in [6.07, 6.45) is -4.41. The summed E-state index contributed by atoms with van der Waals surface area (Å²) < 4.78 is 42.2. The number of carbonyl (C=O) groups excluding carboxylic acids is 2. The van der Waals surface area contributed by atoms with Gasteiger partial charge in [0.15, 0.2) is 0 Å². The Bertz CT molecular complexity index is 554. The largest absolute Gasteiger partial charge is 0.468 e. The molecule has 4 nitrogen and oxygen atoms in total. The van der Waals surface area contributed by atoms with E-state index in [9.17, 15) is 22.8 Å². The second-order valence-electron chi connectivity index (χ2n) is 4.95. The minimum atomic E-state index is -4.41. The number of hydrogen-bond acceptors (Lipinski definition) is 3. The zero-order valence-electron chi connectivity index (χ0n) is 11.5. The van der Waals surface area contributed by atoms with Crippen molar-refractivity contribution >= 4 is 11.9 Å². The first kappa shape index (κ1) is 15.3. The lowest BCUT2D eigenvalue weighted by Gasteiger charge is -2.16. The Morgan fingerprint density at radius 2 is 1.86 bits per heavy atom. The van der Waals surface area contributed by atoms with Crippen LogP contribution in [0.4, 0.5) is 13.2 Å². The Labute approximate surface area is 119 Å². The number of esters is 1. The van der Waals surface area contributed by atoms with Gasteiger partial charge in [-0.25, -0.2) is 0 Å². The van der Waals surface area contributed by atoms with E-state index in [1.807, 2.05) is 0 Å². The number of methoxy groups -OCH3 is 1. The molecule has 0 spiro atoms. The topological polar surface area (TPSA) is 46.6 Å². The summed E-state index contributed by atoms with van der Waals surface area (Å²) in [5.41, 5.74) is -0.255. The molecule has 1 fully saturated rings. The number of ether oxygens (including phenoxy) is 1. The van der Waals surface area contributed by atoms with Crippen LogP contribution in [0.15, 0.2) is 24.3 Å². The summed E-state index contributed by atoms with van der Waals surface area (Å²) >= 11 is 0. The fraction of sp³-hybridized carbons (Fsp3) is 0.429. The van der Waals surface area contributed by atoms with E-state index in [1.54, 1.807) is 7.05 Å². The van der Waals surface area contributed by atoms with E-state index < -0.39 is 29.5 Å². The van der Waals surface area contributed by atoms with Crippen molar-refractivity contribution in [2.45, 2.75) is 12.1 Å². The first-order valence-electron chi connectivity index (χ1n) is 6.25. The van der Waals surface area contributed by atoms with Crippen LogP contribution >= 0.6 is 0 Å². The lowest BCUT2D eigenvalue weighted by Crippen LogP contribution is -2.29. The van der Waals surface area contributed by atoms with Gasteiger partial charge in [0.05, 0.1) is 12.7 Å². The first-order valence-corrected chi connectivity index (χ1v) is 6.25. The van der Waals surface area contributed by atoms with Gasteiger partial charge in [-0.1, -0.05) is 12.1 Å². The second kappa shape index (κ2) is 5.38. The number of amides is 1. The third-order valence-corrected chi connectivity index (χ3v) is 3.64. The molecule has 21 heavy (non-hydrogen) atoms.